The fourth-order valence-electron chi connectivity index (χ4n) is 2.45. The minimum absolute atomic E-state index is 0.141. The van der Waals surface area contributed by atoms with E-state index < -0.39 is 0 Å². The molecule has 0 bridgehead atoms. The number of rotatable bonds is 2. The molecule has 2 aliphatic rings. The van der Waals surface area contributed by atoms with Crippen molar-refractivity contribution in [3.05, 3.63) is 0 Å². The first kappa shape index (κ1) is 11.9. The lowest BCUT2D eigenvalue weighted by atomic mass is 9.89. The van der Waals surface area contributed by atoms with Crippen molar-refractivity contribution in [2.24, 2.45) is 0 Å². The summed E-state index contributed by atoms with van der Waals surface area (Å²) in [6.07, 6.45) is 5.34. The lowest BCUT2D eigenvalue weighted by Gasteiger charge is -2.35. The van der Waals surface area contributed by atoms with Crippen LogP contribution in [0, 0.1) is 0 Å². The second-order valence-electron chi connectivity index (χ2n) is 5.10. The first-order valence-electron chi connectivity index (χ1n) is 6.34. The molecule has 0 aromatic rings. The van der Waals surface area contributed by atoms with Gasteiger partial charge in [0.05, 0.1) is 18.2 Å². The lowest BCUT2D eigenvalue weighted by Crippen LogP contribution is -2.59. The maximum absolute atomic E-state index is 12.2. The second kappa shape index (κ2) is 5.15. The summed E-state index contributed by atoms with van der Waals surface area (Å²) in [5, 5.41) is 6.43. The molecule has 0 aromatic heterocycles. The van der Waals surface area contributed by atoms with Crippen LogP contribution in [0.15, 0.2) is 0 Å². The van der Waals surface area contributed by atoms with Crippen molar-refractivity contribution in [1.82, 2.24) is 10.6 Å². The molecule has 0 aliphatic carbocycles. The van der Waals surface area contributed by atoms with Gasteiger partial charge in [-0.2, -0.15) is 0 Å². The van der Waals surface area contributed by atoms with Gasteiger partial charge in [-0.25, -0.2) is 0 Å². The monoisotopic (exact) mass is 226 g/mol. The molecule has 2 saturated heterocycles. The molecule has 4 nitrogen and oxygen atoms in total. The molecule has 0 radical (unpaired) electrons. The molecule has 92 valence electrons. The number of hydrogen-bond acceptors (Lipinski definition) is 3. The minimum Gasteiger partial charge on any atom is -0.379 e. The number of hydrogen-bond donors (Lipinski definition) is 2. The molecular weight excluding hydrogens is 204 g/mol. The van der Waals surface area contributed by atoms with Gasteiger partial charge in [0.15, 0.2) is 0 Å². The van der Waals surface area contributed by atoms with Crippen LogP contribution in [0.3, 0.4) is 0 Å². The molecular formula is C12H22N2O2. The Labute approximate surface area is 97.1 Å². The van der Waals surface area contributed by atoms with Crippen LogP contribution in [0.1, 0.15) is 39.0 Å². The van der Waals surface area contributed by atoms with Gasteiger partial charge in [-0.3, -0.25) is 4.79 Å². The Bertz CT molecular complexity index is 243. The summed E-state index contributed by atoms with van der Waals surface area (Å²) in [4.78, 5) is 12.2. The van der Waals surface area contributed by atoms with Crippen molar-refractivity contribution >= 4 is 5.91 Å². The molecule has 1 amide bonds. The quantitative estimate of drug-likeness (QED) is 0.732. The van der Waals surface area contributed by atoms with Crippen molar-refractivity contribution in [2.75, 3.05) is 19.8 Å². The van der Waals surface area contributed by atoms with E-state index >= 15 is 0 Å². The fraction of sp³-hybridized carbons (Fsp3) is 0.917. The number of nitrogens with one attached hydrogen (secondary N) is 2. The Morgan fingerprint density at radius 3 is 2.94 bits per heavy atom. The third-order valence-electron chi connectivity index (χ3n) is 3.62. The van der Waals surface area contributed by atoms with Crippen LogP contribution in [0.2, 0.25) is 0 Å². The fourth-order valence-corrected chi connectivity index (χ4v) is 2.45. The lowest BCUT2D eigenvalue weighted by molar-refractivity contribution is -0.129. The molecule has 2 N–H and O–H groups in total. The van der Waals surface area contributed by atoms with Gasteiger partial charge in [-0.05, 0) is 45.6 Å². The van der Waals surface area contributed by atoms with E-state index in [1.54, 1.807) is 0 Å². The highest BCUT2D eigenvalue weighted by Crippen LogP contribution is 2.19. The van der Waals surface area contributed by atoms with Crippen LogP contribution in [-0.2, 0) is 9.53 Å². The Hall–Kier alpha value is -0.610. The van der Waals surface area contributed by atoms with E-state index in [9.17, 15) is 4.79 Å². The molecule has 2 heterocycles. The summed E-state index contributed by atoms with van der Waals surface area (Å²) in [6.45, 7) is 4.46. The maximum Gasteiger partial charge on any atom is 0.240 e. The molecule has 2 atom stereocenters. The third kappa shape index (κ3) is 2.74. The summed E-state index contributed by atoms with van der Waals surface area (Å²) in [7, 11) is 0. The second-order valence-corrected chi connectivity index (χ2v) is 5.10. The summed E-state index contributed by atoms with van der Waals surface area (Å²) < 4.78 is 5.37. The molecule has 4 heteroatoms. The Balaban J connectivity index is 1.85. The van der Waals surface area contributed by atoms with E-state index in [2.05, 4.69) is 10.6 Å². The van der Waals surface area contributed by atoms with Crippen molar-refractivity contribution < 1.29 is 9.53 Å². The Morgan fingerprint density at radius 1 is 1.44 bits per heavy atom. The van der Waals surface area contributed by atoms with Gasteiger partial charge < -0.3 is 15.4 Å². The highest BCUT2D eigenvalue weighted by molar-refractivity contribution is 5.86. The van der Waals surface area contributed by atoms with Gasteiger partial charge in [0.25, 0.3) is 0 Å². The molecule has 2 fully saturated rings. The maximum atomic E-state index is 12.2. The zero-order chi connectivity index (χ0) is 11.4. The van der Waals surface area contributed by atoms with Crippen molar-refractivity contribution in [2.45, 2.75) is 50.6 Å². The molecule has 0 saturated carbocycles. The van der Waals surface area contributed by atoms with Gasteiger partial charge in [0.2, 0.25) is 5.91 Å². The van der Waals surface area contributed by atoms with Crippen LogP contribution in [0.5, 0.6) is 0 Å². The van der Waals surface area contributed by atoms with Gasteiger partial charge in [0, 0.05) is 6.61 Å². The standard InChI is InChI=1S/C12H22N2O2/c1-12(6-2-3-7-13-12)11(15)14-10-5-4-8-16-9-10/h10,13H,2-9H2,1H3,(H,14,15). The SMILES string of the molecule is CC1(C(=O)NC2CCCOC2)CCCCN1. The highest BCUT2D eigenvalue weighted by Gasteiger charge is 2.35. The van der Waals surface area contributed by atoms with Crippen LogP contribution in [0.25, 0.3) is 0 Å². The van der Waals surface area contributed by atoms with Crippen LogP contribution < -0.4 is 10.6 Å². The molecule has 16 heavy (non-hydrogen) atoms. The summed E-state index contributed by atoms with van der Waals surface area (Å²) >= 11 is 0. The third-order valence-corrected chi connectivity index (χ3v) is 3.62. The highest BCUT2D eigenvalue weighted by atomic mass is 16.5. The topological polar surface area (TPSA) is 50.4 Å². The number of carbonyl (C=O) groups excluding carboxylic acids is 1. The summed E-state index contributed by atoms with van der Waals surface area (Å²) in [5.41, 5.74) is -0.365. The van der Waals surface area contributed by atoms with Crippen molar-refractivity contribution in [3.8, 4) is 0 Å². The van der Waals surface area contributed by atoms with Gasteiger partial charge in [0.1, 0.15) is 0 Å². The van der Waals surface area contributed by atoms with Crippen LogP contribution in [0.4, 0.5) is 0 Å². The predicted molar refractivity (Wildman–Crippen MR) is 62.2 cm³/mol. The Morgan fingerprint density at radius 2 is 2.31 bits per heavy atom. The number of piperidine rings is 1. The van der Waals surface area contributed by atoms with E-state index in [1.165, 1.54) is 6.42 Å². The minimum atomic E-state index is -0.365. The summed E-state index contributed by atoms with van der Waals surface area (Å²) in [5.74, 6) is 0.141. The average Bonchev–Trinajstić information content (AvgIpc) is 2.31. The zero-order valence-electron chi connectivity index (χ0n) is 10.1. The van der Waals surface area contributed by atoms with Crippen molar-refractivity contribution in [3.63, 3.8) is 0 Å². The summed E-state index contributed by atoms with van der Waals surface area (Å²) in [6, 6.07) is 0.210. The van der Waals surface area contributed by atoms with Gasteiger partial charge >= 0.3 is 0 Å². The van der Waals surface area contributed by atoms with Gasteiger partial charge in [-0.1, -0.05) is 0 Å². The van der Waals surface area contributed by atoms with E-state index in [1.807, 2.05) is 6.92 Å². The van der Waals surface area contributed by atoms with E-state index in [-0.39, 0.29) is 17.5 Å². The predicted octanol–water partition coefficient (Wildman–Crippen LogP) is 0.814. The number of ether oxygens (including phenoxy) is 1. The smallest absolute Gasteiger partial charge is 0.240 e. The molecule has 2 aliphatic heterocycles. The molecule has 0 aromatic carbocycles. The Kier molecular flexibility index (Phi) is 3.82. The first-order valence-corrected chi connectivity index (χ1v) is 6.34. The van der Waals surface area contributed by atoms with E-state index in [0.29, 0.717) is 6.61 Å². The normalized spacial score (nSPS) is 35.7. The van der Waals surface area contributed by atoms with E-state index in [0.717, 1.165) is 38.8 Å². The van der Waals surface area contributed by atoms with Crippen LogP contribution >= 0.6 is 0 Å². The average molecular weight is 226 g/mol. The van der Waals surface area contributed by atoms with E-state index in [4.69, 9.17) is 4.74 Å². The van der Waals surface area contributed by atoms with Crippen LogP contribution in [-0.4, -0.2) is 37.2 Å². The largest absolute Gasteiger partial charge is 0.379 e. The first-order chi connectivity index (χ1) is 7.71. The molecule has 2 unspecified atom stereocenters. The molecule has 2 rings (SSSR count). The zero-order valence-corrected chi connectivity index (χ0v) is 10.1. The molecule has 0 spiro atoms. The number of carbonyl (C=O) groups is 1. The van der Waals surface area contributed by atoms with Crippen molar-refractivity contribution in [1.29, 1.82) is 0 Å². The number of amides is 1. The van der Waals surface area contributed by atoms with Gasteiger partial charge in [-0.15, -0.1) is 0 Å².